The Bertz CT molecular complexity index is 590. The lowest BCUT2D eigenvalue weighted by Crippen LogP contribution is -2.55. The van der Waals surface area contributed by atoms with Crippen molar-refractivity contribution in [3.8, 4) is 0 Å². The molecule has 5 heteroatoms. The lowest BCUT2D eigenvalue weighted by Gasteiger charge is -2.45. The van der Waals surface area contributed by atoms with Gasteiger partial charge < -0.3 is 14.4 Å². The molecule has 3 saturated heterocycles. The van der Waals surface area contributed by atoms with Crippen LogP contribution in [-0.4, -0.2) is 51.5 Å². The average molecular weight is 346 g/mol. The van der Waals surface area contributed by atoms with Gasteiger partial charge in [-0.3, -0.25) is 9.69 Å². The van der Waals surface area contributed by atoms with Crippen molar-refractivity contribution >= 4 is 5.91 Å². The average Bonchev–Trinajstić information content (AvgIpc) is 3.17. The molecule has 0 saturated carbocycles. The first-order chi connectivity index (χ1) is 12.0. The highest BCUT2D eigenvalue weighted by atomic mass is 16.4. The molecule has 4 rings (SSSR count). The summed E-state index contributed by atoms with van der Waals surface area (Å²) in [6.45, 7) is 4.85. The number of aliphatic hydroxyl groups is 1. The molecule has 2 bridgehead atoms. The highest BCUT2D eigenvalue weighted by molar-refractivity contribution is 5.79. The van der Waals surface area contributed by atoms with Gasteiger partial charge in [0.05, 0.1) is 12.8 Å². The highest BCUT2D eigenvalue weighted by Crippen LogP contribution is 2.45. The van der Waals surface area contributed by atoms with Crippen LogP contribution in [0.15, 0.2) is 22.8 Å². The summed E-state index contributed by atoms with van der Waals surface area (Å²) in [5, 5.41) is 11.1. The molecule has 4 heterocycles. The molecule has 5 nitrogen and oxygen atoms in total. The summed E-state index contributed by atoms with van der Waals surface area (Å²) in [5.41, 5.74) is -0.874. The molecule has 3 aliphatic heterocycles. The third-order valence-electron chi connectivity index (χ3n) is 6.70. The molecule has 0 aliphatic carbocycles. The van der Waals surface area contributed by atoms with Crippen LogP contribution in [0.4, 0.5) is 0 Å². The highest BCUT2D eigenvalue weighted by Gasteiger charge is 2.50. The van der Waals surface area contributed by atoms with Gasteiger partial charge in [0.15, 0.2) is 0 Å². The Morgan fingerprint density at radius 2 is 1.84 bits per heavy atom. The second kappa shape index (κ2) is 6.44. The van der Waals surface area contributed by atoms with E-state index in [1.807, 2.05) is 12.1 Å². The maximum Gasteiger partial charge on any atom is 0.237 e. The topological polar surface area (TPSA) is 56.9 Å². The molecule has 0 unspecified atom stereocenters. The quantitative estimate of drug-likeness (QED) is 0.914. The number of nitrogens with zero attached hydrogens (tertiary/aromatic N) is 2. The number of carbonyl (C=O) groups excluding carboxylic acids is 1. The third-order valence-corrected chi connectivity index (χ3v) is 6.70. The van der Waals surface area contributed by atoms with Gasteiger partial charge in [0.2, 0.25) is 5.91 Å². The maximum absolute atomic E-state index is 13.0. The predicted molar refractivity (Wildman–Crippen MR) is 95.0 cm³/mol. The summed E-state index contributed by atoms with van der Waals surface area (Å²) in [5.74, 6) is 0.939. The summed E-state index contributed by atoms with van der Waals surface area (Å²) in [4.78, 5) is 17.5. The van der Waals surface area contributed by atoms with Crippen LogP contribution in [-0.2, 0) is 10.4 Å². The minimum absolute atomic E-state index is 0.264. The molecule has 1 N–H and O–H groups in total. The van der Waals surface area contributed by atoms with Crippen molar-refractivity contribution in [2.24, 2.45) is 0 Å². The smallest absolute Gasteiger partial charge is 0.237 e. The van der Waals surface area contributed by atoms with Crippen molar-refractivity contribution in [1.29, 1.82) is 0 Å². The summed E-state index contributed by atoms with van der Waals surface area (Å²) in [6, 6.07) is 4.94. The van der Waals surface area contributed by atoms with Crippen LogP contribution in [0.3, 0.4) is 0 Å². The van der Waals surface area contributed by atoms with E-state index in [9.17, 15) is 9.90 Å². The number of piperidine rings is 2. The first kappa shape index (κ1) is 17.1. The molecule has 0 spiro atoms. The van der Waals surface area contributed by atoms with Crippen LogP contribution < -0.4 is 0 Å². The van der Waals surface area contributed by atoms with E-state index in [0.29, 0.717) is 37.2 Å². The van der Waals surface area contributed by atoms with E-state index in [2.05, 4.69) is 23.6 Å². The second-order valence-corrected chi connectivity index (χ2v) is 8.40. The lowest BCUT2D eigenvalue weighted by atomic mass is 9.84. The van der Waals surface area contributed by atoms with E-state index in [1.54, 1.807) is 6.26 Å². The fourth-order valence-electron chi connectivity index (χ4n) is 5.47. The number of likely N-dealkylation sites (tertiary alicyclic amines) is 1. The van der Waals surface area contributed by atoms with Crippen LogP contribution in [0.1, 0.15) is 64.6 Å². The molecule has 3 fully saturated rings. The zero-order chi connectivity index (χ0) is 17.6. The van der Waals surface area contributed by atoms with Crippen molar-refractivity contribution in [2.75, 3.05) is 6.54 Å². The zero-order valence-corrected chi connectivity index (χ0v) is 15.4. The Labute approximate surface area is 150 Å². The Morgan fingerprint density at radius 3 is 2.40 bits per heavy atom. The zero-order valence-electron chi connectivity index (χ0n) is 15.4. The van der Waals surface area contributed by atoms with Gasteiger partial charge in [-0.15, -0.1) is 0 Å². The number of fused-ring (bicyclic) bond motifs is 2. The van der Waals surface area contributed by atoms with E-state index in [0.717, 1.165) is 25.7 Å². The van der Waals surface area contributed by atoms with E-state index >= 15 is 0 Å². The van der Waals surface area contributed by atoms with Crippen molar-refractivity contribution in [2.45, 2.75) is 88.6 Å². The third kappa shape index (κ3) is 3.02. The molecular weight excluding hydrogens is 316 g/mol. The van der Waals surface area contributed by atoms with Gasteiger partial charge >= 0.3 is 0 Å². The number of furan rings is 1. The lowest BCUT2D eigenvalue weighted by molar-refractivity contribution is -0.142. The summed E-state index contributed by atoms with van der Waals surface area (Å²) >= 11 is 0. The maximum atomic E-state index is 13.0. The summed E-state index contributed by atoms with van der Waals surface area (Å²) in [6.07, 6.45) is 8.52. The number of rotatable bonds is 3. The summed E-state index contributed by atoms with van der Waals surface area (Å²) in [7, 11) is 0. The SMILES string of the molecule is C[C@@H]1CCC[C@@H](C)N1C(=O)CN1[C@H]2CC[C@H]1CC(O)(c1ccco1)C2. The Balaban J connectivity index is 1.45. The fourth-order valence-corrected chi connectivity index (χ4v) is 5.47. The Kier molecular flexibility index (Phi) is 4.40. The first-order valence-electron chi connectivity index (χ1n) is 9.81. The molecule has 1 aromatic rings. The van der Waals surface area contributed by atoms with Gasteiger partial charge in [0.25, 0.3) is 0 Å². The van der Waals surface area contributed by atoms with Gasteiger partial charge in [-0.25, -0.2) is 0 Å². The van der Waals surface area contributed by atoms with Crippen molar-refractivity contribution in [3.05, 3.63) is 24.2 Å². The van der Waals surface area contributed by atoms with Gasteiger partial charge in [0, 0.05) is 24.2 Å². The number of hydrogen-bond donors (Lipinski definition) is 1. The number of carbonyl (C=O) groups is 1. The molecular formula is C20H30N2O3. The molecule has 0 radical (unpaired) electrons. The minimum atomic E-state index is -0.874. The van der Waals surface area contributed by atoms with E-state index in [-0.39, 0.29) is 18.0 Å². The van der Waals surface area contributed by atoms with Gasteiger partial charge in [0.1, 0.15) is 11.4 Å². The predicted octanol–water partition coefficient (Wildman–Crippen LogP) is 2.88. The van der Waals surface area contributed by atoms with Crippen molar-refractivity contribution in [3.63, 3.8) is 0 Å². The Hall–Kier alpha value is -1.33. The molecule has 1 aromatic heterocycles. The molecule has 3 aliphatic rings. The summed E-state index contributed by atoms with van der Waals surface area (Å²) < 4.78 is 5.50. The largest absolute Gasteiger partial charge is 0.466 e. The number of amides is 1. The van der Waals surface area contributed by atoms with E-state index in [1.165, 1.54) is 6.42 Å². The first-order valence-corrected chi connectivity index (χ1v) is 9.81. The minimum Gasteiger partial charge on any atom is -0.466 e. The number of hydrogen-bond acceptors (Lipinski definition) is 4. The normalized spacial score (nSPS) is 38.9. The second-order valence-electron chi connectivity index (χ2n) is 8.40. The fraction of sp³-hybridized carbons (Fsp3) is 0.750. The molecule has 25 heavy (non-hydrogen) atoms. The molecule has 1 amide bonds. The van der Waals surface area contributed by atoms with Gasteiger partial charge in [-0.1, -0.05) is 0 Å². The van der Waals surface area contributed by atoms with Gasteiger partial charge in [-0.2, -0.15) is 0 Å². The van der Waals surface area contributed by atoms with E-state index < -0.39 is 5.60 Å². The van der Waals surface area contributed by atoms with Crippen LogP contribution in [0.25, 0.3) is 0 Å². The van der Waals surface area contributed by atoms with Crippen LogP contribution in [0, 0.1) is 0 Å². The van der Waals surface area contributed by atoms with Crippen LogP contribution >= 0.6 is 0 Å². The molecule has 4 atom stereocenters. The van der Waals surface area contributed by atoms with Crippen molar-refractivity contribution in [1.82, 2.24) is 9.80 Å². The standard InChI is InChI=1S/C20H30N2O3/c1-14-5-3-6-15(2)22(14)19(23)13-21-16-8-9-17(21)12-20(24,11-16)18-7-4-10-25-18/h4,7,10,14-17,24H,3,5-6,8-9,11-13H2,1-2H3/t14-,15-,16+,17+/m1/s1. The van der Waals surface area contributed by atoms with Crippen LogP contribution in [0.5, 0.6) is 0 Å². The monoisotopic (exact) mass is 346 g/mol. The molecule has 0 aromatic carbocycles. The van der Waals surface area contributed by atoms with Crippen molar-refractivity contribution < 1.29 is 14.3 Å². The van der Waals surface area contributed by atoms with Crippen LogP contribution in [0.2, 0.25) is 0 Å². The Morgan fingerprint density at radius 1 is 1.20 bits per heavy atom. The van der Waals surface area contributed by atoms with Gasteiger partial charge in [-0.05, 0) is 70.9 Å². The molecule has 138 valence electrons. The van der Waals surface area contributed by atoms with E-state index in [4.69, 9.17) is 4.42 Å².